The Morgan fingerprint density at radius 2 is 2.22 bits per heavy atom. The van der Waals surface area contributed by atoms with E-state index < -0.39 is 11.7 Å². The standard InChI is InChI=1S/C13H17N3O2/c1-13(2,3)18-12(17)15-8-11-6-4-5-10-7-14-9-16(10)11/h4-7,9H,8H2,1-3H3,(H,15,17). The largest absolute Gasteiger partial charge is 0.444 e. The number of nitrogens with one attached hydrogen (secondary N) is 1. The van der Waals surface area contributed by atoms with E-state index >= 15 is 0 Å². The molecular weight excluding hydrogens is 230 g/mol. The smallest absolute Gasteiger partial charge is 0.407 e. The minimum Gasteiger partial charge on any atom is -0.444 e. The number of rotatable bonds is 2. The molecule has 0 saturated carbocycles. The van der Waals surface area contributed by atoms with Gasteiger partial charge >= 0.3 is 6.09 Å². The van der Waals surface area contributed by atoms with Gasteiger partial charge in [-0.1, -0.05) is 6.07 Å². The number of alkyl carbamates (subject to hydrolysis) is 1. The molecule has 0 atom stereocenters. The van der Waals surface area contributed by atoms with Gasteiger partial charge in [-0.3, -0.25) is 0 Å². The van der Waals surface area contributed by atoms with Crippen molar-refractivity contribution in [2.24, 2.45) is 0 Å². The van der Waals surface area contributed by atoms with Gasteiger partial charge in [0.1, 0.15) is 5.60 Å². The van der Waals surface area contributed by atoms with E-state index in [0.717, 1.165) is 11.2 Å². The second-order valence-electron chi connectivity index (χ2n) is 5.06. The zero-order valence-electron chi connectivity index (χ0n) is 10.8. The maximum Gasteiger partial charge on any atom is 0.407 e. The van der Waals surface area contributed by atoms with Gasteiger partial charge in [0.15, 0.2) is 0 Å². The fourth-order valence-corrected chi connectivity index (χ4v) is 1.63. The van der Waals surface area contributed by atoms with Gasteiger partial charge in [-0.25, -0.2) is 9.78 Å². The van der Waals surface area contributed by atoms with Crippen LogP contribution in [0.3, 0.4) is 0 Å². The SMILES string of the molecule is CC(C)(C)OC(=O)NCc1cccc2cncn12. The van der Waals surface area contributed by atoms with Crippen molar-refractivity contribution in [2.75, 3.05) is 0 Å². The number of pyridine rings is 1. The van der Waals surface area contributed by atoms with E-state index in [-0.39, 0.29) is 0 Å². The number of aromatic nitrogens is 2. The van der Waals surface area contributed by atoms with Gasteiger partial charge in [-0.05, 0) is 32.9 Å². The van der Waals surface area contributed by atoms with Crippen LogP contribution in [0.4, 0.5) is 4.79 Å². The molecule has 0 aliphatic rings. The average molecular weight is 247 g/mol. The molecule has 1 amide bonds. The predicted octanol–water partition coefficient (Wildman–Crippen LogP) is 2.36. The summed E-state index contributed by atoms with van der Waals surface area (Å²) in [7, 11) is 0. The third kappa shape index (κ3) is 3.00. The second kappa shape index (κ2) is 4.68. The molecule has 2 aromatic heterocycles. The number of hydrogen-bond donors (Lipinski definition) is 1. The van der Waals surface area contributed by atoms with Crippen molar-refractivity contribution in [3.8, 4) is 0 Å². The molecular formula is C13H17N3O2. The predicted molar refractivity (Wildman–Crippen MR) is 68.3 cm³/mol. The first-order valence-corrected chi connectivity index (χ1v) is 5.82. The summed E-state index contributed by atoms with van der Waals surface area (Å²) < 4.78 is 7.11. The fraction of sp³-hybridized carbons (Fsp3) is 0.385. The number of amides is 1. The third-order valence-corrected chi connectivity index (χ3v) is 2.34. The fourth-order valence-electron chi connectivity index (χ4n) is 1.63. The lowest BCUT2D eigenvalue weighted by atomic mass is 10.2. The molecule has 0 aliphatic carbocycles. The van der Waals surface area contributed by atoms with Crippen molar-refractivity contribution in [3.63, 3.8) is 0 Å². The Morgan fingerprint density at radius 1 is 1.44 bits per heavy atom. The van der Waals surface area contributed by atoms with E-state index in [2.05, 4.69) is 10.3 Å². The summed E-state index contributed by atoms with van der Waals surface area (Å²) >= 11 is 0. The first-order chi connectivity index (χ1) is 8.46. The highest BCUT2D eigenvalue weighted by molar-refractivity contribution is 5.67. The first-order valence-electron chi connectivity index (χ1n) is 5.82. The van der Waals surface area contributed by atoms with Crippen LogP contribution in [0, 0.1) is 0 Å². The maximum atomic E-state index is 11.5. The Morgan fingerprint density at radius 3 is 2.94 bits per heavy atom. The van der Waals surface area contributed by atoms with Crippen LogP contribution < -0.4 is 5.32 Å². The van der Waals surface area contributed by atoms with Crippen molar-refractivity contribution >= 4 is 11.6 Å². The maximum absolute atomic E-state index is 11.5. The van der Waals surface area contributed by atoms with Gasteiger partial charge in [-0.15, -0.1) is 0 Å². The highest BCUT2D eigenvalue weighted by Crippen LogP contribution is 2.08. The Bertz CT molecular complexity index is 555. The molecule has 0 unspecified atom stereocenters. The Balaban J connectivity index is 2.02. The molecule has 1 N–H and O–H groups in total. The lowest BCUT2D eigenvalue weighted by Gasteiger charge is -2.19. The van der Waals surface area contributed by atoms with E-state index in [0.29, 0.717) is 6.54 Å². The number of hydrogen-bond acceptors (Lipinski definition) is 3. The molecule has 2 heterocycles. The number of nitrogens with zero attached hydrogens (tertiary/aromatic N) is 2. The number of carbonyl (C=O) groups excluding carboxylic acids is 1. The average Bonchev–Trinajstić information content (AvgIpc) is 2.72. The Kier molecular flexibility index (Phi) is 3.23. The Hall–Kier alpha value is -2.04. The highest BCUT2D eigenvalue weighted by atomic mass is 16.6. The van der Waals surface area contributed by atoms with Crippen LogP contribution in [-0.4, -0.2) is 21.1 Å². The van der Waals surface area contributed by atoms with Crippen LogP contribution in [0.5, 0.6) is 0 Å². The number of ether oxygens (including phenoxy) is 1. The zero-order valence-corrected chi connectivity index (χ0v) is 10.8. The summed E-state index contributed by atoms with van der Waals surface area (Å²) in [6.45, 7) is 5.91. The van der Waals surface area contributed by atoms with Gasteiger partial charge in [0.05, 0.1) is 24.6 Å². The van der Waals surface area contributed by atoms with Crippen LogP contribution >= 0.6 is 0 Å². The lowest BCUT2D eigenvalue weighted by Crippen LogP contribution is -2.32. The normalized spacial score (nSPS) is 11.5. The van der Waals surface area contributed by atoms with Crippen LogP contribution in [0.15, 0.2) is 30.7 Å². The molecule has 0 saturated heterocycles. The molecule has 0 fully saturated rings. The molecule has 2 aromatic rings. The molecule has 5 nitrogen and oxygen atoms in total. The molecule has 96 valence electrons. The van der Waals surface area contributed by atoms with Gasteiger partial charge in [0.25, 0.3) is 0 Å². The van der Waals surface area contributed by atoms with Crippen molar-refractivity contribution in [3.05, 3.63) is 36.4 Å². The van der Waals surface area contributed by atoms with Crippen molar-refractivity contribution in [1.82, 2.24) is 14.7 Å². The van der Waals surface area contributed by atoms with Crippen LogP contribution in [0.1, 0.15) is 26.5 Å². The van der Waals surface area contributed by atoms with Crippen molar-refractivity contribution in [2.45, 2.75) is 32.9 Å². The summed E-state index contributed by atoms with van der Waals surface area (Å²) in [5.41, 5.74) is 1.47. The molecule has 0 aliphatic heterocycles. The first kappa shape index (κ1) is 12.4. The number of fused-ring (bicyclic) bond motifs is 1. The Labute approximate surface area is 106 Å². The molecule has 0 radical (unpaired) electrons. The summed E-state index contributed by atoms with van der Waals surface area (Å²) in [6.07, 6.45) is 3.08. The van der Waals surface area contributed by atoms with Gasteiger partial charge in [-0.2, -0.15) is 0 Å². The minimum absolute atomic E-state index is 0.405. The topological polar surface area (TPSA) is 55.6 Å². The van der Waals surface area contributed by atoms with Crippen LogP contribution in [0.2, 0.25) is 0 Å². The zero-order chi connectivity index (χ0) is 13.2. The monoisotopic (exact) mass is 247 g/mol. The molecule has 0 aromatic carbocycles. The molecule has 18 heavy (non-hydrogen) atoms. The number of carbonyl (C=O) groups is 1. The van der Waals surface area contributed by atoms with E-state index in [1.165, 1.54) is 0 Å². The van der Waals surface area contributed by atoms with Crippen molar-refractivity contribution < 1.29 is 9.53 Å². The summed E-state index contributed by atoms with van der Waals surface area (Å²) in [4.78, 5) is 15.6. The van der Waals surface area contributed by atoms with E-state index in [1.54, 1.807) is 12.5 Å². The van der Waals surface area contributed by atoms with E-state index in [1.807, 2.05) is 43.4 Å². The van der Waals surface area contributed by atoms with Crippen LogP contribution in [0.25, 0.3) is 5.52 Å². The third-order valence-electron chi connectivity index (χ3n) is 2.34. The van der Waals surface area contributed by atoms with Crippen molar-refractivity contribution in [1.29, 1.82) is 0 Å². The second-order valence-corrected chi connectivity index (χ2v) is 5.06. The van der Waals surface area contributed by atoms with Gasteiger partial charge < -0.3 is 14.5 Å². The summed E-state index contributed by atoms with van der Waals surface area (Å²) in [5.74, 6) is 0. The van der Waals surface area contributed by atoms with Crippen LogP contribution in [-0.2, 0) is 11.3 Å². The number of imidazole rings is 1. The molecule has 0 spiro atoms. The minimum atomic E-state index is -0.481. The molecule has 2 rings (SSSR count). The van der Waals surface area contributed by atoms with E-state index in [9.17, 15) is 4.79 Å². The van der Waals surface area contributed by atoms with Gasteiger partial charge in [0.2, 0.25) is 0 Å². The molecule has 5 heteroatoms. The highest BCUT2D eigenvalue weighted by Gasteiger charge is 2.15. The quantitative estimate of drug-likeness (QED) is 0.886. The molecule has 0 bridgehead atoms. The summed E-state index contributed by atoms with van der Waals surface area (Å²) in [5, 5.41) is 2.73. The van der Waals surface area contributed by atoms with Gasteiger partial charge in [0, 0.05) is 5.69 Å². The van der Waals surface area contributed by atoms with E-state index in [4.69, 9.17) is 4.74 Å². The lowest BCUT2D eigenvalue weighted by molar-refractivity contribution is 0.0523. The summed E-state index contributed by atoms with van der Waals surface area (Å²) in [6, 6.07) is 5.83.